The number of carbonyl (C=O) groups is 1. The third-order valence-corrected chi connectivity index (χ3v) is 7.42. The molecule has 30 heavy (non-hydrogen) atoms. The number of aryl methyl sites for hydroxylation is 1. The molecule has 0 saturated carbocycles. The van der Waals surface area contributed by atoms with Crippen LogP contribution in [0.15, 0.2) is 86.6 Å². The van der Waals surface area contributed by atoms with Crippen LogP contribution in [0.5, 0.6) is 0 Å². The molecule has 0 saturated heterocycles. The van der Waals surface area contributed by atoms with E-state index in [0.29, 0.717) is 5.69 Å². The topological polar surface area (TPSA) is 66.5 Å². The summed E-state index contributed by atoms with van der Waals surface area (Å²) < 4.78 is 29.4. The van der Waals surface area contributed by atoms with Gasteiger partial charge in [0.25, 0.3) is 0 Å². The molecule has 0 bridgehead atoms. The lowest BCUT2D eigenvalue weighted by atomic mass is 10.2. The molecule has 1 N–H and O–H groups in total. The van der Waals surface area contributed by atoms with E-state index in [1.165, 1.54) is 4.31 Å². The van der Waals surface area contributed by atoms with Crippen LogP contribution in [0.3, 0.4) is 0 Å². The van der Waals surface area contributed by atoms with Gasteiger partial charge in [-0.2, -0.15) is 4.31 Å². The van der Waals surface area contributed by atoms with Crippen molar-refractivity contribution in [3.05, 3.63) is 92.9 Å². The summed E-state index contributed by atoms with van der Waals surface area (Å²) in [6.45, 7) is 1.65. The highest BCUT2D eigenvalue weighted by Crippen LogP contribution is 2.23. The van der Waals surface area contributed by atoms with E-state index in [2.05, 4.69) is 37.2 Å². The van der Waals surface area contributed by atoms with Crippen molar-refractivity contribution in [3.63, 3.8) is 0 Å². The number of amides is 1. The smallest absolute Gasteiger partial charge is 0.243 e. The molecule has 156 valence electrons. The number of rotatable bonds is 7. The van der Waals surface area contributed by atoms with Crippen molar-refractivity contribution >= 4 is 53.5 Å². The number of nitrogens with one attached hydrogen (secondary N) is 1. The Morgan fingerprint density at radius 1 is 0.933 bits per heavy atom. The number of anilines is 1. The molecule has 8 heteroatoms. The summed E-state index contributed by atoms with van der Waals surface area (Å²) in [5, 5.41) is 2.77. The molecule has 3 aromatic carbocycles. The average Bonchev–Trinajstić information content (AvgIpc) is 2.71. The number of hydrogen-bond acceptors (Lipinski definition) is 3. The van der Waals surface area contributed by atoms with Crippen LogP contribution in [0, 0.1) is 6.92 Å². The summed E-state index contributed by atoms with van der Waals surface area (Å²) in [6, 6.07) is 21.1. The van der Waals surface area contributed by atoms with Gasteiger partial charge in [-0.3, -0.25) is 4.79 Å². The predicted molar refractivity (Wildman–Crippen MR) is 126 cm³/mol. The lowest BCUT2D eigenvalue weighted by Crippen LogP contribution is -2.37. The largest absolute Gasteiger partial charge is 0.324 e. The van der Waals surface area contributed by atoms with E-state index in [4.69, 9.17) is 0 Å². The van der Waals surface area contributed by atoms with E-state index in [9.17, 15) is 13.2 Å². The lowest BCUT2D eigenvalue weighted by Gasteiger charge is -2.22. The molecule has 3 rings (SSSR count). The third-order valence-electron chi connectivity index (χ3n) is 4.40. The molecule has 1 amide bonds. The van der Waals surface area contributed by atoms with E-state index >= 15 is 0 Å². The first kappa shape index (κ1) is 22.7. The van der Waals surface area contributed by atoms with Gasteiger partial charge in [0.05, 0.1) is 17.1 Å². The molecule has 3 aromatic rings. The summed E-state index contributed by atoms with van der Waals surface area (Å²) in [7, 11) is -3.87. The fraction of sp³-hybridized carbons (Fsp3) is 0.136. The van der Waals surface area contributed by atoms with Crippen LogP contribution < -0.4 is 5.32 Å². The summed E-state index contributed by atoms with van der Waals surface area (Å²) in [4.78, 5) is 12.9. The molecule has 5 nitrogen and oxygen atoms in total. The van der Waals surface area contributed by atoms with Crippen molar-refractivity contribution in [3.8, 4) is 0 Å². The number of carbonyl (C=O) groups excluding carboxylic acids is 1. The van der Waals surface area contributed by atoms with Crippen molar-refractivity contribution in [2.24, 2.45) is 0 Å². The first-order valence-electron chi connectivity index (χ1n) is 9.11. The van der Waals surface area contributed by atoms with Crippen LogP contribution in [-0.4, -0.2) is 25.2 Å². The summed E-state index contributed by atoms with van der Waals surface area (Å²) in [6.07, 6.45) is 0. The maximum Gasteiger partial charge on any atom is 0.243 e. The van der Waals surface area contributed by atoms with E-state index < -0.39 is 15.9 Å². The second-order valence-corrected chi connectivity index (χ2v) is 10.4. The van der Waals surface area contributed by atoms with Gasteiger partial charge in [0, 0.05) is 15.5 Å². The predicted octanol–water partition coefficient (Wildman–Crippen LogP) is 5.35. The highest BCUT2D eigenvalue weighted by atomic mass is 79.9. The maximum atomic E-state index is 13.3. The Balaban J connectivity index is 1.88. The fourth-order valence-electron chi connectivity index (χ4n) is 2.79. The molecule has 0 unspecified atom stereocenters. The highest BCUT2D eigenvalue weighted by Gasteiger charge is 2.27. The molecule has 0 atom stereocenters. The SMILES string of the molecule is Cc1ccc(S(=O)(=O)N(CC(=O)Nc2ccccc2Br)Cc2ccc(Br)cc2)cc1. The molecule has 0 aliphatic rings. The fourth-order valence-corrected chi connectivity index (χ4v) is 4.82. The zero-order chi connectivity index (χ0) is 21.7. The Kier molecular flexibility index (Phi) is 7.46. The molecular formula is C22H20Br2N2O3S. The molecule has 0 spiro atoms. The summed E-state index contributed by atoms with van der Waals surface area (Å²) in [5.41, 5.74) is 2.32. The molecule has 0 radical (unpaired) electrons. The first-order chi connectivity index (χ1) is 14.3. The van der Waals surface area contributed by atoms with Gasteiger partial charge in [-0.25, -0.2) is 8.42 Å². The van der Waals surface area contributed by atoms with Gasteiger partial charge in [-0.05, 0) is 64.8 Å². The van der Waals surface area contributed by atoms with Crippen LogP contribution in [0.1, 0.15) is 11.1 Å². The Morgan fingerprint density at radius 2 is 1.57 bits per heavy atom. The molecule has 0 aromatic heterocycles. The number of sulfonamides is 1. The quantitative estimate of drug-likeness (QED) is 0.430. The van der Waals surface area contributed by atoms with E-state index in [1.807, 2.05) is 37.3 Å². The van der Waals surface area contributed by atoms with Gasteiger partial charge < -0.3 is 5.32 Å². The van der Waals surface area contributed by atoms with Crippen molar-refractivity contribution in [2.45, 2.75) is 18.4 Å². The third kappa shape index (κ3) is 5.78. The Hall–Kier alpha value is -2.00. The van der Waals surface area contributed by atoms with E-state index in [1.54, 1.807) is 42.5 Å². The van der Waals surface area contributed by atoms with Crippen LogP contribution in [0.4, 0.5) is 5.69 Å². The maximum absolute atomic E-state index is 13.3. The second-order valence-electron chi connectivity index (χ2n) is 6.74. The Morgan fingerprint density at radius 3 is 2.20 bits per heavy atom. The summed E-state index contributed by atoms with van der Waals surface area (Å²) in [5.74, 6) is -0.422. The first-order valence-corrected chi connectivity index (χ1v) is 12.1. The van der Waals surface area contributed by atoms with E-state index in [-0.39, 0.29) is 18.0 Å². The minimum atomic E-state index is -3.87. The standard InChI is InChI=1S/C22H20Br2N2O3S/c1-16-6-12-19(13-7-16)30(28,29)26(14-17-8-10-18(23)11-9-17)15-22(27)25-21-5-3-2-4-20(21)24/h2-13H,14-15H2,1H3,(H,25,27). The van der Waals surface area contributed by atoms with Gasteiger partial charge in [0.2, 0.25) is 15.9 Å². The molecule has 0 aliphatic heterocycles. The molecule has 0 aliphatic carbocycles. The number of benzene rings is 3. The van der Waals surface area contributed by atoms with Crippen molar-refractivity contribution in [1.82, 2.24) is 4.31 Å². The van der Waals surface area contributed by atoms with Gasteiger partial charge in [0.15, 0.2) is 0 Å². The minimum Gasteiger partial charge on any atom is -0.324 e. The Bertz CT molecular complexity index is 1130. The lowest BCUT2D eigenvalue weighted by molar-refractivity contribution is -0.116. The zero-order valence-electron chi connectivity index (χ0n) is 16.2. The van der Waals surface area contributed by atoms with Crippen molar-refractivity contribution in [2.75, 3.05) is 11.9 Å². The number of halogens is 2. The monoisotopic (exact) mass is 550 g/mol. The highest BCUT2D eigenvalue weighted by molar-refractivity contribution is 9.10. The molecule has 0 heterocycles. The molecular weight excluding hydrogens is 532 g/mol. The van der Waals surface area contributed by atoms with Gasteiger partial charge >= 0.3 is 0 Å². The Labute approximate surface area is 193 Å². The van der Waals surface area contributed by atoms with E-state index in [0.717, 1.165) is 20.1 Å². The minimum absolute atomic E-state index is 0.0763. The van der Waals surface area contributed by atoms with Crippen LogP contribution >= 0.6 is 31.9 Å². The van der Waals surface area contributed by atoms with Gasteiger partial charge in [-0.1, -0.05) is 57.9 Å². The average molecular weight is 552 g/mol. The van der Waals surface area contributed by atoms with Crippen molar-refractivity contribution in [1.29, 1.82) is 0 Å². The number of hydrogen-bond donors (Lipinski definition) is 1. The second kappa shape index (κ2) is 9.87. The van der Waals surface area contributed by atoms with Crippen molar-refractivity contribution < 1.29 is 13.2 Å². The van der Waals surface area contributed by atoms with Gasteiger partial charge in [-0.15, -0.1) is 0 Å². The van der Waals surface area contributed by atoms with Crippen LogP contribution in [0.25, 0.3) is 0 Å². The van der Waals surface area contributed by atoms with Crippen LogP contribution in [-0.2, 0) is 21.4 Å². The number of para-hydroxylation sites is 1. The number of nitrogens with zero attached hydrogens (tertiary/aromatic N) is 1. The van der Waals surface area contributed by atoms with Gasteiger partial charge in [0.1, 0.15) is 0 Å². The summed E-state index contributed by atoms with van der Waals surface area (Å²) >= 11 is 6.76. The molecule has 0 fully saturated rings. The normalized spacial score (nSPS) is 11.5. The zero-order valence-corrected chi connectivity index (χ0v) is 20.2. The van der Waals surface area contributed by atoms with Crippen LogP contribution in [0.2, 0.25) is 0 Å².